The molecule has 0 spiro atoms. The Morgan fingerprint density at radius 3 is 2.57 bits per heavy atom. The molecule has 23 heavy (non-hydrogen) atoms. The van der Waals surface area contributed by atoms with Crippen molar-refractivity contribution in [2.24, 2.45) is 0 Å². The molecule has 0 aliphatic carbocycles. The summed E-state index contributed by atoms with van der Waals surface area (Å²) in [7, 11) is 0. The van der Waals surface area contributed by atoms with Crippen LogP contribution in [-0.2, 0) is 0 Å². The summed E-state index contributed by atoms with van der Waals surface area (Å²) in [6.07, 6.45) is 2.00. The SMILES string of the molecule is Cc1cc(O)c(C(=O)C=Cc2cc([N+](=O)[O-])ccc2O)c(=O)o1. The van der Waals surface area contributed by atoms with Crippen LogP contribution in [0.3, 0.4) is 0 Å². The fourth-order valence-electron chi connectivity index (χ4n) is 1.86. The van der Waals surface area contributed by atoms with Crippen molar-refractivity contribution in [2.75, 3.05) is 0 Å². The lowest BCUT2D eigenvalue weighted by molar-refractivity contribution is -0.384. The standard InChI is InChI=1S/C15H11NO7/c1-8-6-13(19)14(15(20)23-8)12(18)4-2-9-7-10(16(21)22)3-5-11(9)17/h2-7,17,19H,1H3. The topological polar surface area (TPSA) is 131 Å². The number of aryl methyl sites for hydroxylation is 1. The van der Waals surface area contributed by atoms with Gasteiger partial charge in [0.1, 0.15) is 22.8 Å². The van der Waals surface area contributed by atoms with Crippen molar-refractivity contribution in [3.05, 3.63) is 67.8 Å². The number of non-ortho nitro benzene ring substituents is 1. The number of carbonyl (C=O) groups is 1. The number of hydrogen-bond donors (Lipinski definition) is 2. The van der Waals surface area contributed by atoms with Gasteiger partial charge in [-0.15, -0.1) is 0 Å². The third-order valence-corrected chi connectivity index (χ3v) is 2.94. The number of carbonyl (C=O) groups excluding carboxylic acids is 1. The van der Waals surface area contributed by atoms with Crippen LogP contribution in [0.5, 0.6) is 11.5 Å². The van der Waals surface area contributed by atoms with Gasteiger partial charge in [0.05, 0.1) is 4.92 Å². The number of rotatable bonds is 4. The van der Waals surface area contributed by atoms with Crippen LogP contribution < -0.4 is 5.63 Å². The van der Waals surface area contributed by atoms with Gasteiger partial charge in [0.15, 0.2) is 5.78 Å². The van der Waals surface area contributed by atoms with Gasteiger partial charge in [0, 0.05) is 23.8 Å². The molecule has 1 aromatic carbocycles. The highest BCUT2D eigenvalue weighted by molar-refractivity contribution is 6.08. The number of allylic oxidation sites excluding steroid dienone is 1. The smallest absolute Gasteiger partial charge is 0.351 e. The van der Waals surface area contributed by atoms with E-state index in [-0.39, 0.29) is 22.8 Å². The molecule has 0 fully saturated rings. The van der Waals surface area contributed by atoms with Gasteiger partial charge in [-0.2, -0.15) is 0 Å². The fourth-order valence-corrected chi connectivity index (χ4v) is 1.86. The molecule has 2 N–H and O–H groups in total. The number of benzene rings is 1. The monoisotopic (exact) mass is 317 g/mol. The first-order valence-corrected chi connectivity index (χ1v) is 6.33. The van der Waals surface area contributed by atoms with Gasteiger partial charge >= 0.3 is 5.63 Å². The summed E-state index contributed by atoms with van der Waals surface area (Å²) < 4.78 is 4.73. The first-order valence-electron chi connectivity index (χ1n) is 6.33. The Balaban J connectivity index is 2.38. The number of phenolic OH excluding ortho intramolecular Hbond substituents is 1. The van der Waals surface area contributed by atoms with Gasteiger partial charge in [-0.1, -0.05) is 0 Å². The molecule has 1 heterocycles. The number of ketones is 1. The maximum absolute atomic E-state index is 12.0. The highest BCUT2D eigenvalue weighted by Crippen LogP contribution is 2.24. The number of nitrogens with zero attached hydrogens (tertiary/aromatic N) is 1. The second-order valence-electron chi connectivity index (χ2n) is 4.60. The normalized spacial score (nSPS) is 10.8. The third-order valence-electron chi connectivity index (χ3n) is 2.94. The first kappa shape index (κ1) is 16.0. The minimum absolute atomic E-state index is 0.0172. The van der Waals surface area contributed by atoms with E-state index in [1.807, 2.05) is 0 Å². The van der Waals surface area contributed by atoms with Crippen LogP contribution in [0.4, 0.5) is 5.69 Å². The average Bonchev–Trinajstić information content (AvgIpc) is 2.45. The highest BCUT2D eigenvalue weighted by Gasteiger charge is 2.16. The van der Waals surface area contributed by atoms with Crippen LogP contribution >= 0.6 is 0 Å². The van der Waals surface area contributed by atoms with E-state index < -0.39 is 27.6 Å². The average molecular weight is 317 g/mol. The van der Waals surface area contributed by atoms with E-state index in [1.54, 1.807) is 0 Å². The molecule has 0 radical (unpaired) electrons. The molecule has 118 valence electrons. The van der Waals surface area contributed by atoms with E-state index in [9.17, 15) is 29.9 Å². The molecule has 2 aromatic rings. The molecule has 2 rings (SSSR count). The van der Waals surface area contributed by atoms with Crippen LogP contribution in [0.25, 0.3) is 6.08 Å². The van der Waals surface area contributed by atoms with Crippen molar-refractivity contribution >= 4 is 17.5 Å². The lowest BCUT2D eigenvalue weighted by Gasteiger charge is -2.01. The van der Waals surface area contributed by atoms with E-state index in [0.29, 0.717) is 0 Å². The molecular weight excluding hydrogens is 306 g/mol. The van der Waals surface area contributed by atoms with Crippen LogP contribution in [0.15, 0.2) is 39.6 Å². The van der Waals surface area contributed by atoms with Gasteiger partial charge in [-0.25, -0.2) is 4.79 Å². The molecule has 0 aliphatic rings. The molecule has 0 saturated heterocycles. The van der Waals surface area contributed by atoms with Crippen LogP contribution in [0.2, 0.25) is 0 Å². The zero-order valence-corrected chi connectivity index (χ0v) is 11.8. The molecule has 8 heteroatoms. The van der Waals surface area contributed by atoms with Crippen LogP contribution in [-0.4, -0.2) is 20.9 Å². The van der Waals surface area contributed by atoms with Gasteiger partial charge in [0.2, 0.25) is 0 Å². The van der Waals surface area contributed by atoms with Crippen molar-refractivity contribution in [3.63, 3.8) is 0 Å². The summed E-state index contributed by atoms with van der Waals surface area (Å²) in [6.45, 7) is 1.44. The van der Waals surface area contributed by atoms with Crippen molar-refractivity contribution in [3.8, 4) is 11.5 Å². The Labute approximate surface area is 129 Å². The molecule has 0 bridgehead atoms. The maximum atomic E-state index is 12.0. The van der Waals surface area contributed by atoms with Crippen molar-refractivity contribution in [1.82, 2.24) is 0 Å². The summed E-state index contributed by atoms with van der Waals surface area (Å²) in [4.78, 5) is 33.6. The third kappa shape index (κ3) is 3.43. The van der Waals surface area contributed by atoms with Gasteiger partial charge < -0.3 is 14.6 Å². The Morgan fingerprint density at radius 1 is 1.26 bits per heavy atom. The highest BCUT2D eigenvalue weighted by atomic mass is 16.6. The molecule has 8 nitrogen and oxygen atoms in total. The molecule has 0 amide bonds. The lowest BCUT2D eigenvalue weighted by atomic mass is 10.1. The number of hydrogen-bond acceptors (Lipinski definition) is 7. The van der Waals surface area contributed by atoms with E-state index >= 15 is 0 Å². The summed E-state index contributed by atoms with van der Waals surface area (Å²) >= 11 is 0. The second kappa shape index (κ2) is 6.14. The van der Waals surface area contributed by atoms with Gasteiger partial charge in [-0.3, -0.25) is 14.9 Å². The Kier molecular flexibility index (Phi) is 4.26. The zero-order valence-electron chi connectivity index (χ0n) is 11.8. The predicted octanol–water partition coefficient (Wildman–Crippen LogP) is 2.16. The number of aromatic hydroxyl groups is 2. The largest absolute Gasteiger partial charge is 0.507 e. The predicted molar refractivity (Wildman–Crippen MR) is 79.5 cm³/mol. The van der Waals surface area contributed by atoms with Crippen molar-refractivity contribution in [2.45, 2.75) is 6.92 Å². The Hall–Kier alpha value is -3.42. The van der Waals surface area contributed by atoms with Crippen molar-refractivity contribution in [1.29, 1.82) is 0 Å². The van der Waals surface area contributed by atoms with Crippen LogP contribution in [0.1, 0.15) is 21.7 Å². The lowest BCUT2D eigenvalue weighted by Crippen LogP contribution is -2.12. The Morgan fingerprint density at radius 2 is 1.96 bits per heavy atom. The molecular formula is C15H11NO7. The van der Waals surface area contributed by atoms with E-state index in [4.69, 9.17) is 4.42 Å². The second-order valence-corrected chi connectivity index (χ2v) is 4.60. The number of nitro benzene ring substituents is 1. The molecule has 0 aliphatic heterocycles. The summed E-state index contributed by atoms with van der Waals surface area (Å²) in [6, 6.07) is 4.40. The summed E-state index contributed by atoms with van der Waals surface area (Å²) in [5, 5.41) is 30.0. The minimum Gasteiger partial charge on any atom is -0.507 e. The molecule has 0 unspecified atom stereocenters. The van der Waals surface area contributed by atoms with E-state index in [2.05, 4.69) is 0 Å². The summed E-state index contributed by atoms with van der Waals surface area (Å²) in [5.41, 5.74) is -1.81. The molecule has 1 aromatic heterocycles. The molecule has 0 saturated carbocycles. The number of phenols is 1. The zero-order chi connectivity index (χ0) is 17.1. The first-order chi connectivity index (χ1) is 10.8. The van der Waals surface area contributed by atoms with Gasteiger partial charge in [-0.05, 0) is 25.1 Å². The van der Waals surface area contributed by atoms with E-state index in [0.717, 1.165) is 36.4 Å². The summed E-state index contributed by atoms with van der Waals surface area (Å²) in [5.74, 6) is -1.53. The molecule has 0 atom stereocenters. The Bertz CT molecular complexity index is 880. The fraction of sp³-hybridized carbons (Fsp3) is 0.0667. The number of nitro groups is 1. The minimum atomic E-state index is -1.000. The van der Waals surface area contributed by atoms with Gasteiger partial charge in [0.25, 0.3) is 5.69 Å². The maximum Gasteiger partial charge on any atom is 0.351 e. The van der Waals surface area contributed by atoms with E-state index in [1.165, 1.54) is 6.92 Å². The van der Waals surface area contributed by atoms with Crippen molar-refractivity contribution < 1.29 is 24.3 Å². The van der Waals surface area contributed by atoms with Crippen LogP contribution in [0, 0.1) is 17.0 Å². The quantitative estimate of drug-likeness (QED) is 0.382.